The number of aromatic nitrogens is 3. The minimum Gasteiger partial charge on any atom is -0.348 e. The van der Waals surface area contributed by atoms with Gasteiger partial charge in [0.2, 0.25) is 0 Å². The quantitative estimate of drug-likeness (QED) is 0.730. The summed E-state index contributed by atoms with van der Waals surface area (Å²) in [4.78, 5) is 11.2. The first kappa shape index (κ1) is 16.0. The first-order valence-corrected chi connectivity index (χ1v) is 8.69. The van der Waals surface area contributed by atoms with Gasteiger partial charge < -0.3 is 4.57 Å². The molecule has 1 aliphatic heterocycles. The van der Waals surface area contributed by atoms with Crippen LogP contribution in [0.1, 0.15) is 35.6 Å². The molecule has 1 atom stereocenters. The molecule has 0 amide bonds. The number of benzene rings is 1. The van der Waals surface area contributed by atoms with E-state index in [4.69, 9.17) is 0 Å². The molecule has 4 nitrogen and oxygen atoms in total. The van der Waals surface area contributed by atoms with Gasteiger partial charge in [0.25, 0.3) is 0 Å². The van der Waals surface area contributed by atoms with Crippen molar-refractivity contribution in [2.45, 2.75) is 32.5 Å². The minimum atomic E-state index is -0.204. The monoisotopic (exact) mass is 336 g/mol. The maximum absolute atomic E-state index is 13.4. The van der Waals surface area contributed by atoms with Gasteiger partial charge in [-0.1, -0.05) is 19.1 Å². The molecule has 0 fully saturated rings. The first-order chi connectivity index (χ1) is 12.2. The number of aryl methyl sites for hydroxylation is 1. The van der Waals surface area contributed by atoms with Gasteiger partial charge in [-0.25, -0.2) is 14.4 Å². The lowest BCUT2D eigenvalue weighted by atomic mass is 9.99. The summed E-state index contributed by atoms with van der Waals surface area (Å²) in [6, 6.07) is 11.2. The van der Waals surface area contributed by atoms with Crippen LogP contribution in [0.4, 0.5) is 4.39 Å². The molecular formula is C20H21FN4. The Balaban J connectivity index is 1.66. The van der Waals surface area contributed by atoms with E-state index in [0.717, 1.165) is 43.0 Å². The van der Waals surface area contributed by atoms with Gasteiger partial charge in [0.1, 0.15) is 11.6 Å². The summed E-state index contributed by atoms with van der Waals surface area (Å²) >= 11 is 0. The summed E-state index contributed by atoms with van der Waals surface area (Å²) in [6.07, 6.45) is 6.79. The topological polar surface area (TPSA) is 34.0 Å². The second-order valence-electron chi connectivity index (χ2n) is 6.41. The van der Waals surface area contributed by atoms with Crippen LogP contribution in [0, 0.1) is 5.82 Å². The lowest BCUT2D eigenvalue weighted by Gasteiger charge is -2.37. The fourth-order valence-electron chi connectivity index (χ4n) is 3.51. The average Bonchev–Trinajstić information content (AvgIpc) is 3.12. The van der Waals surface area contributed by atoms with Crippen molar-refractivity contribution >= 4 is 0 Å². The highest BCUT2D eigenvalue weighted by molar-refractivity contribution is 5.30. The van der Waals surface area contributed by atoms with E-state index < -0.39 is 0 Å². The molecular weight excluding hydrogens is 315 g/mol. The Morgan fingerprint density at radius 2 is 1.84 bits per heavy atom. The van der Waals surface area contributed by atoms with E-state index in [1.807, 2.05) is 24.5 Å². The van der Waals surface area contributed by atoms with E-state index in [9.17, 15) is 4.39 Å². The van der Waals surface area contributed by atoms with Crippen LogP contribution < -0.4 is 0 Å². The highest BCUT2D eigenvalue weighted by Crippen LogP contribution is 2.33. The standard InChI is InChI=1S/C20H21FN4/c1-2-19-22-12-15(13-23-19)14-25-11-10-24-9-3-4-18(24)20(25)16-5-7-17(21)8-6-16/h3-9,12-13,20H,2,10-11,14H2,1H3/t20-/m0/s1. The minimum absolute atomic E-state index is 0.107. The molecule has 0 radical (unpaired) electrons. The summed E-state index contributed by atoms with van der Waals surface area (Å²) in [5, 5.41) is 0. The van der Waals surface area contributed by atoms with Gasteiger partial charge in [0.05, 0.1) is 6.04 Å². The van der Waals surface area contributed by atoms with Gasteiger partial charge in [-0.05, 0) is 29.8 Å². The van der Waals surface area contributed by atoms with Crippen LogP contribution in [0.25, 0.3) is 0 Å². The molecule has 0 unspecified atom stereocenters. The van der Waals surface area contributed by atoms with Gasteiger partial charge in [0.15, 0.2) is 0 Å². The smallest absolute Gasteiger partial charge is 0.127 e. The zero-order valence-electron chi connectivity index (χ0n) is 14.3. The molecule has 25 heavy (non-hydrogen) atoms. The third-order valence-electron chi connectivity index (χ3n) is 4.78. The highest BCUT2D eigenvalue weighted by Gasteiger charge is 2.28. The van der Waals surface area contributed by atoms with Crippen molar-refractivity contribution in [3.8, 4) is 0 Å². The van der Waals surface area contributed by atoms with E-state index in [1.54, 1.807) is 0 Å². The van der Waals surface area contributed by atoms with Crippen LogP contribution in [0.15, 0.2) is 55.0 Å². The van der Waals surface area contributed by atoms with Gasteiger partial charge in [-0.3, -0.25) is 4.90 Å². The van der Waals surface area contributed by atoms with Crippen LogP contribution in [0.5, 0.6) is 0 Å². The van der Waals surface area contributed by atoms with E-state index in [-0.39, 0.29) is 11.9 Å². The summed E-state index contributed by atoms with van der Waals surface area (Å²) < 4.78 is 15.6. The van der Waals surface area contributed by atoms with Crippen LogP contribution in [-0.4, -0.2) is 26.0 Å². The molecule has 5 heteroatoms. The third-order valence-corrected chi connectivity index (χ3v) is 4.78. The van der Waals surface area contributed by atoms with E-state index in [0.29, 0.717) is 0 Å². The molecule has 0 N–H and O–H groups in total. The van der Waals surface area contributed by atoms with Crippen molar-refractivity contribution in [2.24, 2.45) is 0 Å². The fourth-order valence-corrected chi connectivity index (χ4v) is 3.51. The molecule has 4 rings (SSSR count). The summed E-state index contributed by atoms with van der Waals surface area (Å²) in [5.41, 5.74) is 3.44. The number of halogens is 1. The van der Waals surface area contributed by atoms with Crippen molar-refractivity contribution in [1.29, 1.82) is 0 Å². The van der Waals surface area contributed by atoms with Crippen LogP contribution in [0.2, 0.25) is 0 Å². The predicted molar refractivity (Wildman–Crippen MR) is 94.5 cm³/mol. The summed E-state index contributed by atoms with van der Waals surface area (Å²) in [5.74, 6) is 0.663. The number of nitrogens with zero attached hydrogens (tertiary/aromatic N) is 4. The molecule has 0 saturated carbocycles. The van der Waals surface area contributed by atoms with Crippen LogP contribution in [0.3, 0.4) is 0 Å². The molecule has 1 aromatic carbocycles. The Hall–Kier alpha value is -2.53. The van der Waals surface area contributed by atoms with Gasteiger partial charge in [-0.2, -0.15) is 0 Å². The van der Waals surface area contributed by atoms with Gasteiger partial charge in [-0.15, -0.1) is 0 Å². The number of hydrogen-bond donors (Lipinski definition) is 0. The molecule has 0 aliphatic carbocycles. The van der Waals surface area contributed by atoms with Crippen LogP contribution >= 0.6 is 0 Å². The SMILES string of the molecule is CCc1ncc(CN2CCn3cccc3[C@@H]2c2ccc(F)cc2)cn1. The second-order valence-corrected chi connectivity index (χ2v) is 6.41. The predicted octanol–water partition coefficient (Wildman–Crippen LogP) is 3.58. The zero-order chi connectivity index (χ0) is 17.2. The third kappa shape index (κ3) is 3.20. The van der Waals surface area contributed by atoms with Crippen molar-refractivity contribution in [2.75, 3.05) is 6.54 Å². The normalized spacial score (nSPS) is 17.4. The lowest BCUT2D eigenvalue weighted by molar-refractivity contribution is 0.174. The Morgan fingerprint density at radius 1 is 1.08 bits per heavy atom. The van der Waals surface area contributed by atoms with Crippen molar-refractivity contribution in [3.05, 3.63) is 83.5 Å². The Labute approximate surface area is 147 Å². The first-order valence-electron chi connectivity index (χ1n) is 8.69. The van der Waals surface area contributed by atoms with E-state index in [2.05, 4.69) is 44.7 Å². The summed E-state index contributed by atoms with van der Waals surface area (Å²) in [6.45, 7) is 4.71. The van der Waals surface area contributed by atoms with Crippen molar-refractivity contribution in [3.63, 3.8) is 0 Å². The number of hydrogen-bond acceptors (Lipinski definition) is 3. The zero-order valence-corrected chi connectivity index (χ0v) is 14.3. The van der Waals surface area contributed by atoms with Crippen molar-refractivity contribution < 1.29 is 4.39 Å². The largest absolute Gasteiger partial charge is 0.348 e. The lowest BCUT2D eigenvalue weighted by Crippen LogP contribution is -2.38. The van der Waals surface area contributed by atoms with Crippen molar-refractivity contribution in [1.82, 2.24) is 19.4 Å². The molecule has 128 valence electrons. The average molecular weight is 336 g/mol. The fraction of sp³-hybridized carbons (Fsp3) is 0.300. The Morgan fingerprint density at radius 3 is 2.56 bits per heavy atom. The Kier molecular flexibility index (Phi) is 4.32. The molecule has 1 aliphatic rings. The molecule has 0 spiro atoms. The van der Waals surface area contributed by atoms with Gasteiger partial charge >= 0.3 is 0 Å². The molecule has 3 aromatic rings. The molecule has 3 heterocycles. The number of fused-ring (bicyclic) bond motifs is 1. The molecule has 0 bridgehead atoms. The van der Waals surface area contributed by atoms with Gasteiger partial charge in [0, 0.05) is 55.9 Å². The number of rotatable bonds is 4. The molecule has 0 saturated heterocycles. The maximum atomic E-state index is 13.4. The molecule has 2 aromatic heterocycles. The maximum Gasteiger partial charge on any atom is 0.127 e. The van der Waals surface area contributed by atoms with E-state index in [1.165, 1.54) is 17.8 Å². The van der Waals surface area contributed by atoms with E-state index >= 15 is 0 Å². The van der Waals surface area contributed by atoms with Crippen LogP contribution in [-0.2, 0) is 19.5 Å². The second kappa shape index (κ2) is 6.76. The summed E-state index contributed by atoms with van der Waals surface area (Å²) in [7, 11) is 0. The highest BCUT2D eigenvalue weighted by atomic mass is 19.1. The Bertz CT molecular complexity index is 839.